The van der Waals surface area contributed by atoms with Gasteiger partial charge in [0.25, 0.3) is 0 Å². The molecule has 7 heteroatoms. The summed E-state index contributed by atoms with van der Waals surface area (Å²) in [5.41, 5.74) is 0.773. The molecular weight excluding hydrogens is 364 g/mol. The van der Waals surface area contributed by atoms with Crippen LogP contribution in [0.4, 0.5) is 0 Å². The van der Waals surface area contributed by atoms with Crippen molar-refractivity contribution in [1.29, 1.82) is 0 Å². The molecule has 0 aliphatic heterocycles. The molecule has 1 atom stereocenters. The van der Waals surface area contributed by atoms with Gasteiger partial charge in [0.15, 0.2) is 0 Å². The lowest BCUT2D eigenvalue weighted by Gasteiger charge is -2.13. The van der Waals surface area contributed by atoms with Crippen LogP contribution in [0.25, 0.3) is 22.2 Å². The number of aliphatic hydroxyl groups is 1. The minimum absolute atomic E-state index is 0.127. The Kier molecular flexibility index (Phi) is 5.00. The van der Waals surface area contributed by atoms with Gasteiger partial charge >= 0.3 is 0 Å². The van der Waals surface area contributed by atoms with E-state index >= 15 is 0 Å². The monoisotopic (exact) mass is 380 g/mol. The molecule has 6 nitrogen and oxygen atoms in total. The first-order chi connectivity index (χ1) is 13.2. The number of hydrogen-bond donors (Lipinski definition) is 1. The highest BCUT2D eigenvalue weighted by Gasteiger charge is 2.12. The van der Waals surface area contributed by atoms with Crippen LogP contribution in [0.2, 0.25) is 5.02 Å². The Hall–Kier alpha value is -2.96. The molecule has 0 bridgehead atoms. The van der Waals surface area contributed by atoms with Crippen molar-refractivity contribution >= 4 is 22.4 Å². The van der Waals surface area contributed by atoms with Crippen LogP contribution in [-0.2, 0) is 6.54 Å². The van der Waals surface area contributed by atoms with Gasteiger partial charge in [-0.25, -0.2) is 0 Å². The zero-order chi connectivity index (χ0) is 18.6. The molecule has 3 aromatic carbocycles. The quantitative estimate of drug-likeness (QED) is 0.553. The van der Waals surface area contributed by atoms with Crippen LogP contribution in [0.3, 0.4) is 0 Å². The van der Waals surface area contributed by atoms with Gasteiger partial charge in [-0.3, -0.25) is 0 Å². The normalized spacial score (nSPS) is 12.2. The van der Waals surface area contributed by atoms with E-state index in [0.29, 0.717) is 10.8 Å². The summed E-state index contributed by atoms with van der Waals surface area (Å²) < 4.78 is 5.80. The summed E-state index contributed by atoms with van der Waals surface area (Å²) in [5, 5.41) is 25.3. The van der Waals surface area contributed by atoms with E-state index in [-0.39, 0.29) is 13.2 Å². The number of tetrazole rings is 1. The molecule has 0 amide bonds. The van der Waals surface area contributed by atoms with E-state index in [4.69, 9.17) is 16.3 Å². The van der Waals surface area contributed by atoms with Crippen LogP contribution < -0.4 is 4.74 Å². The Labute approximate surface area is 161 Å². The molecule has 0 aliphatic carbocycles. The Morgan fingerprint density at radius 3 is 2.74 bits per heavy atom. The molecule has 1 N–H and O–H groups in total. The first-order valence-electron chi connectivity index (χ1n) is 8.51. The maximum atomic E-state index is 10.3. The van der Waals surface area contributed by atoms with Crippen molar-refractivity contribution in [3.8, 4) is 17.1 Å². The van der Waals surface area contributed by atoms with E-state index in [1.54, 1.807) is 12.1 Å². The number of benzene rings is 3. The molecule has 27 heavy (non-hydrogen) atoms. The van der Waals surface area contributed by atoms with Crippen molar-refractivity contribution in [1.82, 2.24) is 20.2 Å². The van der Waals surface area contributed by atoms with Crippen LogP contribution >= 0.6 is 11.6 Å². The number of rotatable bonds is 6. The summed E-state index contributed by atoms with van der Waals surface area (Å²) in [6.45, 7) is 0.306. The van der Waals surface area contributed by atoms with Crippen LogP contribution in [0.5, 0.6) is 5.75 Å². The Morgan fingerprint density at radius 2 is 1.85 bits per heavy atom. The van der Waals surface area contributed by atoms with Crippen molar-refractivity contribution < 1.29 is 9.84 Å². The first kappa shape index (κ1) is 17.5. The summed E-state index contributed by atoms with van der Waals surface area (Å²) in [5.74, 6) is 1.19. The third-order valence-corrected chi connectivity index (χ3v) is 4.33. The van der Waals surface area contributed by atoms with Gasteiger partial charge in [-0.15, -0.1) is 10.2 Å². The maximum Gasteiger partial charge on any atom is 0.204 e. The van der Waals surface area contributed by atoms with Gasteiger partial charge in [0, 0.05) is 16.0 Å². The molecule has 1 aromatic heterocycles. The number of aliphatic hydroxyl groups excluding tert-OH is 1. The number of halogens is 1. The third-order valence-electron chi connectivity index (χ3n) is 4.09. The summed E-state index contributed by atoms with van der Waals surface area (Å²) in [4.78, 5) is 1.35. The Bertz CT molecular complexity index is 1060. The van der Waals surface area contributed by atoms with Gasteiger partial charge in [-0.2, -0.15) is 4.80 Å². The fourth-order valence-corrected chi connectivity index (χ4v) is 3.00. The summed E-state index contributed by atoms with van der Waals surface area (Å²) in [6, 6.07) is 21.0. The lowest BCUT2D eigenvalue weighted by atomic mass is 10.1. The molecule has 0 saturated carbocycles. The number of hydrogen-bond acceptors (Lipinski definition) is 5. The Morgan fingerprint density at radius 1 is 1.04 bits per heavy atom. The Balaban J connectivity index is 1.40. The lowest BCUT2D eigenvalue weighted by Crippen LogP contribution is -2.25. The summed E-state index contributed by atoms with van der Waals surface area (Å²) in [7, 11) is 0. The standard InChI is InChI=1S/C20H17ClN4O2/c21-16-8-3-7-15(11-16)20-22-24-25(23-20)12-17(26)13-27-19-10-4-6-14-5-1-2-9-18(14)19/h1-11,17,26H,12-13H2/t17-/m1/s1. The zero-order valence-electron chi connectivity index (χ0n) is 14.4. The largest absolute Gasteiger partial charge is 0.490 e. The predicted molar refractivity (Wildman–Crippen MR) is 104 cm³/mol. The fourth-order valence-electron chi connectivity index (χ4n) is 2.81. The molecular formula is C20H17ClN4O2. The number of aromatic nitrogens is 4. The molecule has 0 spiro atoms. The van der Waals surface area contributed by atoms with Crippen LogP contribution in [-0.4, -0.2) is 38.0 Å². The second kappa shape index (κ2) is 7.73. The van der Waals surface area contributed by atoms with Gasteiger partial charge in [0.05, 0.1) is 6.54 Å². The van der Waals surface area contributed by atoms with Gasteiger partial charge in [0.2, 0.25) is 5.82 Å². The van der Waals surface area contributed by atoms with Crippen molar-refractivity contribution in [2.45, 2.75) is 12.6 Å². The van der Waals surface area contributed by atoms with Gasteiger partial charge in [-0.1, -0.05) is 60.1 Å². The summed E-state index contributed by atoms with van der Waals surface area (Å²) >= 11 is 5.99. The minimum Gasteiger partial charge on any atom is -0.490 e. The van der Waals surface area contributed by atoms with Gasteiger partial charge < -0.3 is 9.84 Å². The van der Waals surface area contributed by atoms with E-state index in [1.807, 2.05) is 54.6 Å². The SMILES string of the molecule is O[C@@H](COc1cccc2ccccc12)Cn1nnc(-c2cccc(Cl)c2)n1. The second-order valence-corrected chi connectivity index (χ2v) is 6.56. The number of nitrogens with zero attached hydrogens (tertiary/aromatic N) is 4. The first-order valence-corrected chi connectivity index (χ1v) is 8.89. The molecule has 136 valence electrons. The predicted octanol–water partition coefficient (Wildman–Crippen LogP) is 3.59. The molecule has 0 radical (unpaired) electrons. The zero-order valence-corrected chi connectivity index (χ0v) is 15.1. The maximum absolute atomic E-state index is 10.3. The summed E-state index contributed by atoms with van der Waals surface area (Å²) in [6.07, 6.45) is -0.773. The van der Waals surface area contributed by atoms with Gasteiger partial charge in [-0.05, 0) is 28.8 Å². The van der Waals surface area contributed by atoms with E-state index in [2.05, 4.69) is 15.4 Å². The minimum atomic E-state index is -0.773. The van der Waals surface area contributed by atoms with E-state index < -0.39 is 6.10 Å². The van der Waals surface area contributed by atoms with E-state index in [9.17, 15) is 5.11 Å². The topological polar surface area (TPSA) is 73.1 Å². The average molecular weight is 381 g/mol. The van der Waals surface area contributed by atoms with E-state index in [1.165, 1.54) is 4.80 Å². The van der Waals surface area contributed by atoms with Gasteiger partial charge in [0.1, 0.15) is 18.5 Å². The van der Waals surface area contributed by atoms with Crippen molar-refractivity contribution in [3.05, 3.63) is 71.8 Å². The molecule has 0 saturated heterocycles. The molecule has 0 unspecified atom stereocenters. The second-order valence-electron chi connectivity index (χ2n) is 6.12. The number of fused-ring (bicyclic) bond motifs is 1. The lowest BCUT2D eigenvalue weighted by molar-refractivity contribution is 0.0857. The van der Waals surface area contributed by atoms with E-state index in [0.717, 1.165) is 22.1 Å². The van der Waals surface area contributed by atoms with Crippen molar-refractivity contribution in [2.24, 2.45) is 0 Å². The smallest absolute Gasteiger partial charge is 0.204 e. The molecule has 4 rings (SSSR count). The van der Waals surface area contributed by atoms with Crippen LogP contribution in [0, 0.1) is 0 Å². The average Bonchev–Trinajstić information content (AvgIpc) is 3.15. The fraction of sp³-hybridized carbons (Fsp3) is 0.150. The highest BCUT2D eigenvalue weighted by Crippen LogP contribution is 2.25. The molecule has 0 fully saturated rings. The van der Waals surface area contributed by atoms with Crippen LogP contribution in [0.15, 0.2) is 66.7 Å². The highest BCUT2D eigenvalue weighted by molar-refractivity contribution is 6.30. The van der Waals surface area contributed by atoms with Crippen molar-refractivity contribution in [3.63, 3.8) is 0 Å². The molecule has 0 aliphatic rings. The number of ether oxygens (including phenoxy) is 1. The third kappa shape index (κ3) is 4.07. The molecule has 1 heterocycles. The van der Waals surface area contributed by atoms with Crippen molar-refractivity contribution in [2.75, 3.05) is 6.61 Å². The van der Waals surface area contributed by atoms with Crippen LogP contribution in [0.1, 0.15) is 0 Å². The highest BCUT2D eigenvalue weighted by atomic mass is 35.5. The molecule has 4 aromatic rings.